The van der Waals surface area contributed by atoms with Gasteiger partial charge < -0.3 is 14.9 Å². The molecule has 0 saturated heterocycles. The molecule has 0 heterocycles. The molecule has 2 N–H and O–H groups in total. The maximum Gasteiger partial charge on any atom is 0.0492 e. The number of hydrogen-bond donors (Lipinski definition) is 2. The van der Waals surface area contributed by atoms with Crippen LogP contribution in [0.4, 0.5) is 0 Å². The largest absolute Gasteiger partial charge is 0.396 e. The molecule has 0 radical (unpaired) electrons. The molecule has 0 fully saturated rings. The second kappa shape index (κ2) is 8.48. The summed E-state index contributed by atoms with van der Waals surface area (Å²) >= 11 is 0. The smallest absolute Gasteiger partial charge is 0.0492 e. The van der Waals surface area contributed by atoms with Gasteiger partial charge in [-0.25, -0.2) is 0 Å². The van der Waals surface area contributed by atoms with E-state index in [-0.39, 0.29) is 13.2 Å². The van der Waals surface area contributed by atoms with E-state index in [1.807, 2.05) is 0 Å². The minimum absolute atomic E-state index is 0.233. The van der Waals surface area contributed by atoms with Gasteiger partial charge in [-0.05, 0) is 24.7 Å². The van der Waals surface area contributed by atoms with Crippen molar-refractivity contribution in [3.05, 3.63) is 0 Å². The van der Waals surface area contributed by atoms with E-state index in [9.17, 15) is 0 Å². The summed E-state index contributed by atoms with van der Waals surface area (Å²) in [6.07, 6.45) is 1.60. The Kier molecular flexibility index (Phi) is 8.40. The van der Waals surface area contributed by atoms with Crippen LogP contribution in [0.2, 0.25) is 0 Å². The van der Waals surface area contributed by atoms with Crippen molar-refractivity contribution in [1.82, 2.24) is 0 Å². The quantitative estimate of drug-likeness (QED) is 0.601. The van der Waals surface area contributed by atoms with E-state index in [1.165, 1.54) is 0 Å². The van der Waals surface area contributed by atoms with Crippen molar-refractivity contribution in [2.75, 3.05) is 26.4 Å². The van der Waals surface area contributed by atoms with E-state index in [1.54, 1.807) is 0 Å². The molecule has 3 nitrogen and oxygen atoms in total. The molecule has 0 saturated carbocycles. The van der Waals surface area contributed by atoms with Crippen LogP contribution >= 0.6 is 0 Å². The van der Waals surface area contributed by atoms with Gasteiger partial charge in [0.1, 0.15) is 0 Å². The molecular formula is C10H22O3. The van der Waals surface area contributed by atoms with Crippen molar-refractivity contribution >= 4 is 0 Å². The van der Waals surface area contributed by atoms with Gasteiger partial charge >= 0.3 is 0 Å². The third-order valence-corrected chi connectivity index (χ3v) is 2.05. The van der Waals surface area contributed by atoms with Crippen molar-refractivity contribution in [1.29, 1.82) is 0 Å². The van der Waals surface area contributed by atoms with Crippen LogP contribution in [0.25, 0.3) is 0 Å². The van der Waals surface area contributed by atoms with Crippen LogP contribution in [0.5, 0.6) is 0 Å². The first kappa shape index (κ1) is 12.9. The summed E-state index contributed by atoms with van der Waals surface area (Å²) in [4.78, 5) is 0. The van der Waals surface area contributed by atoms with E-state index < -0.39 is 0 Å². The molecule has 2 unspecified atom stereocenters. The fourth-order valence-electron chi connectivity index (χ4n) is 1.08. The number of rotatable bonds is 8. The zero-order chi connectivity index (χ0) is 10.1. The number of aliphatic hydroxyl groups excluding tert-OH is 2. The van der Waals surface area contributed by atoms with Crippen molar-refractivity contribution in [3.8, 4) is 0 Å². The third-order valence-electron chi connectivity index (χ3n) is 2.05. The fraction of sp³-hybridized carbons (Fsp3) is 1.00. The summed E-state index contributed by atoms with van der Waals surface area (Å²) < 4.78 is 5.44. The van der Waals surface area contributed by atoms with Gasteiger partial charge in [-0.2, -0.15) is 0 Å². The van der Waals surface area contributed by atoms with E-state index in [2.05, 4.69) is 13.8 Å². The molecule has 0 aromatic heterocycles. The molecule has 13 heavy (non-hydrogen) atoms. The molecule has 0 spiro atoms. The van der Waals surface area contributed by atoms with Gasteiger partial charge in [-0.15, -0.1) is 0 Å². The SMILES string of the molecule is CC(CCO)COCC(C)CCO. The molecule has 0 amide bonds. The van der Waals surface area contributed by atoms with E-state index in [0.29, 0.717) is 25.0 Å². The van der Waals surface area contributed by atoms with Crippen LogP contribution in [0.15, 0.2) is 0 Å². The van der Waals surface area contributed by atoms with Crippen LogP contribution in [0.3, 0.4) is 0 Å². The highest BCUT2D eigenvalue weighted by molar-refractivity contribution is 4.53. The number of hydrogen-bond acceptors (Lipinski definition) is 3. The van der Waals surface area contributed by atoms with Crippen LogP contribution in [-0.2, 0) is 4.74 Å². The monoisotopic (exact) mass is 190 g/mol. The Hall–Kier alpha value is -0.120. The zero-order valence-electron chi connectivity index (χ0n) is 8.70. The molecule has 0 rings (SSSR count). The average molecular weight is 190 g/mol. The predicted molar refractivity (Wildman–Crippen MR) is 52.6 cm³/mol. The standard InChI is InChI=1S/C10H22O3/c1-9(3-5-11)7-13-8-10(2)4-6-12/h9-12H,3-8H2,1-2H3. The van der Waals surface area contributed by atoms with Gasteiger partial charge in [0.15, 0.2) is 0 Å². The van der Waals surface area contributed by atoms with Gasteiger partial charge in [0.25, 0.3) is 0 Å². The Bertz CT molecular complexity index is 94.3. The highest BCUT2D eigenvalue weighted by Crippen LogP contribution is 2.05. The summed E-state index contributed by atoms with van der Waals surface area (Å²) in [6, 6.07) is 0. The van der Waals surface area contributed by atoms with Crippen molar-refractivity contribution < 1.29 is 14.9 Å². The molecule has 80 valence electrons. The highest BCUT2D eigenvalue weighted by atomic mass is 16.5. The van der Waals surface area contributed by atoms with Gasteiger partial charge in [0, 0.05) is 26.4 Å². The number of aliphatic hydroxyl groups is 2. The van der Waals surface area contributed by atoms with Crippen molar-refractivity contribution in [2.24, 2.45) is 11.8 Å². The molecule has 2 atom stereocenters. The minimum Gasteiger partial charge on any atom is -0.396 e. The molecule has 0 aliphatic carbocycles. The molecule has 0 aromatic carbocycles. The molecule has 3 heteroatoms. The summed E-state index contributed by atoms with van der Waals surface area (Å²) in [6.45, 7) is 6.00. The van der Waals surface area contributed by atoms with E-state index >= 15 is 0 Å². The highest BCUT2D eigenvalue weighted by Gasteiger charge is 2.04. The lowest BCUT2D eigenvalue weighted by Crippen LogP contribution is -2.13. The molecule has 0 aromatic rings. The maximum absolute atomic E-state index is 8.64. The zero-order valence-corrected chi connectivity index (χ0v) is 8.70. The first-order valence-corrected chi connectivity index (χ1v) is 5.00. The number of ether oxygens (including phenoxy) is 1. The Morgan fingerprint density at radius 2 is 1.31 bits per heavy atom. The summed E-state index contributed by atoms with van der Waals surface area (Å²) in [5, 5.41) is 17.3. The first-order chi connectivity index (χ1) is 6.20. The van der Waals surface area contributed by atoms with Crippen molar-refractivity contribution in [3.63, 3.8) is 0 Å². The Balaban J connectivity index is 3.23. The summed E-state index contributed by atoms with van der Waals surface area (Å²) in [5.41, 5.74) is 0. The summed E-state index contributed by atoms with van der Waals surface area (Å²) in [5.74, 6) is 0.845. The minimum atomic E-state index is 0.233. The Labute approximate surface area is 80.7 Å². The van der Waals surface area contributed by atoms with Crippen molar-refractivity contribution in [2.45, 2.75) is 26.7 Å². The average Bonchev–Trinajstić information content (AvgIpc) is 2.05. The summed E-state index contributed by atoms with van der Waals surface area (Å²) in [7, 11) is 0. The maximum atomic E-state index is 8.64. The van der Waals surface area contributed by atoms with Crippen LogP contribution in [-0.4, -0.2) is 36.6 Å². The Morgan fingerprint density at radius 1 is 0.923 bits per heavy atom. The Morgan fingerprint density at radius 3 is 1.62 bits per heavy atom. The topological polar surface area (TPSA) is 49.7 Å². The first-order valence-electron chi connectivity index (χ1n) is 5.00. The van der Waals surface area contributed by atoms with Crippen LogP contribution in [0, 0.1) is 11.8 Å². The van der Waals surface area contributed by atoms with E-state index in [4.69, 9.17) is 14.9 Å². The lowest BCUT2D eigenvalue weighted by Gasteiger charge is -2.13. The second-order valence-corrected chi connectivity index (χ2v) is 3.77. The van der Waals surface area contributed by atoms with Crippen LogP contribution < -0.4 is 0 Å². The van der Waals surface area contributed by atoms with E-state index in [0.717, 1.165) is 12.8 Å². The lowest BCUT2D eigenvalue weighted by atomic mass is 10.1. The molecular weight excluding hydrogens is 168 g/mol. The normalized spacial score (nSPS) is 15.7. The molecule has 0 bridgehead atoms. The predicted octanol–water partition coefficient (Wildman–Crippen LogP) is 1.04. The second-order valence-electron chi connectivity index (χ2n) is 3.77. The third kappa shape index (κ3) is 8.22. The lowest BCUT2D eigenvalue weighted by molar-refractivity contribution is 0.0654. The molecule has 0 aliphatic rings. The van der Waals surface area contributed by atoms with Gasteiger partial charge in [0.05, 0.1) is 0 Å². The van der Waals surface area contributed by atoms with Gasteiger partial charge in [-0.1, -0.05) is 13.8 Å². The molecule has 0 aliphatic heterocycles. The van der Waals surface area contributed by atoms with Gasteiger partial charge in [-0.3, -0.25) is 0 Å². The van der Waals surface area contributed by atoms with Gasteiger partial charge in [0.2, 0.25) is 0 Å². The van der Waals surface area contributed by atoms with Crippen LogP contribution in [0.1, 0.15) is 26.7 Å². The fourth-order valence-corrected chi connectivity index (χ4v) is 1.08.